The molecule has 0 aliphatic heterocycles. The van der Waals surface area contributed by atoms with E-state index in [-0.39, 0.29) is 12.0 Å². The molecule has 2 aromatic rings. The van der Waals surface area contributed by atoms with Gasteiger partial charge in [0.1, 0.15) is 5.82 Å². The lowest BCUT2D eigenvalue weighted by molar-refractivity contribution is -0.161. The lowest BCUT2D eigenvalue weighted by Gasteiger charge is -2.16. The van der Waals surface area contributed by atoms with Crippen LogP contribution in [0.1, 0.15) is 83.1 Å². The fourth-order valence-corrected chi connectivity index (χ4v) is 4.07. The summed E-state index contributed by atoms with van der Waals surface area (Å²) in [5, 5.41) is 0. The second-order valence-corrected chi connectivity index (χ2v) is 9.98. The molecule has 0 fully saturated rings. The number of halogens is 4. The van der Waals surface area contributed by atoms with E-state index >= 15 is 0 Å². The van der Waals surface area contributed by atoms with Gasteiger partial charge in [0.15, 0.2) is 0 Å². The Morgan fingerprint density at radius 2 is 1.40 bits per heavy atom. The summed E-state index contributed by atoms with van der Waals surface area (Å²) in [4.78, 5) is 12.5. The zero-order valence-electron chi connectivity index (χ0n) is 24.6. The number of carbonyl (C=O) groups is 1. The lowest BCUT2D eigenvalue weighted by Crippen LogP contribution is -2.21. The Labute approximate surface area is 248 Å². The van der Waals surface area contributed by atoms with E-state index in [2.05, 4.69) is 37.3 Å². The van der Waals surface area contributed by atoms with Gasteiger partial charge in [-0.2, -0.15) is 13.2 Å². The molecule has 0 saturated heterocycles. The maximum absolute atomic E-state index is 14.7. The third-order valence-corrected chi connectivity index (χ3v) is 6.54. The van der Waals surface area contributed by atoms with Crippen LogP contribution in [-0.4, -0.2) is 12.1 Å². The topological polar surface area (TPSA) is 26.3 Å². The van der Waals surface area contributed by atoms with Gasteiger partial charge in [-0.05, 0) is 75.1 Å². The Bertz CT molecular complexity index is 1220. The highest BCUT2D eigenvalue weighted by atomic mass is 19.4. The molecule has 0 amide bonds. The van der Waals surface area contributed by atoms with Crippen molar-refractivity contribution in [3.63, 3.8) is 0 Å². The van der Waals surface area contributed by atoms with Gasteiger partial charge >= 0.3 is 12.1 Å². The number of esters is 1. The van der Waals surface area contributed by atoms with Crippen molar-refractivity contribution in [3.8, 4) is 11.1 Å². The van der Waals surface area contributed by atoms with Gasteiger partial charge < -0.3 is 4.74 Å². The van der Waals surface area contributed by atoms with Crippen LogP contribution in [0.25, 0.3) is 11.1 Å². The zero-order chi connectivity index (χ0) is 30.6. The predicted molar refractivity (Wildman–Crippen MR) is 164 cm³/mol. The van der Waals surface area contributed by atoms with Gasteiger partial charge in [0.05, 0.1) is 5.92 Å². The van der Waals surface area contributed by atoms with Gasteiger partial charge in [-0.25, -0.2) is 4.39 Å². The van der Waals surface area contributed by atoms with E-state index in [4.69, 9.17) is 4.74 Å². The summed E-state index contributed by atoms with van der Waals surface area (Å²) in [6.45, 7) is 3.59. The fourth-order valence-electron chi connectivity index (χ4n) is 4.07. The molecule has 1 unspecified atom stereocenters. The minimum atomic E-state index is -4.82. The van der Waals surface area contributed by atoms with Crippen molar-refractivity contribution in [3.05, 3.63) is 120 Å². The summed E-state index contributed by atoms with van der Waals surface area (Å²) in [5.41, 5.74) is 1.24. The number of hydrogen-bond donors (Lipinski definition) is 0. The number of hydrogen-bond acceptors (Lipinski definition) is 2. The fraction of sp³-hybridized carbons (Fsp3) is 0.361. The summed E-state index contributed by atoms with van der Waals surface area (Å²) in [7, 11) is 0. The molecule has 1 atom stereocenters. The molecule has 0 aromatic heterocycles. The quantitative estimate of drug-likeness (QED) is 0.0610. The van der Waals surface area contributed by atoms with E-state index in [1.54, 1.807) is 30.3 Å². The van der Waals surface area contributed by atoms with Gasteiger partial charge in [0, 0.05) is 5.56 Å². The van der Waals surface area contributed by atoms with E-state index in [0.29, 0.717) is 24.0 Å². The van der Waals surface area contributed by atoms with Gasteiger partial charge in [-0.3, -0.25) is 4.79 Å². The summed E-state index contributed by atoms with van der Waals surface area (Å²) in [5.74, 6) is -4.09. The highest BCUT2D eigenvalue weighted by Crippen LogP contribution is 2.31. The number of unbranched alkanes of at least 4 members (excludes halogenated alkanes) is 4. The summed E-state index contributed by atoms with van der Waals surface area (Å²) in [6, 6.07) is 13.1. The second kappa shape index (κ2) is 19.5. The number of benzene rings is 2. The Kier molecular flexibility index (Phi) is 16.0. The van der Waals surface area contributed by atoms with Crippen LogP contribution in [0.5, 0.6) is 0 Å². The largest absolute Gasteiger partial charge is 0.449 e. The normalized spacial score (nSPS) is 13.6. The Balaban J connectivity index is 1.79. The lowest BCUT2D eigenvalue weighted by atomic mass is 9.97. The van der Waals surface area contributed by atoms with Crippen molar-refractivity contribution < 1.29 is 27.1 Å². The molecule has 0 N–H and O–H groups in total. The molecule has 226 valence electrons. The average molecular weight is 583 g/mol. The molecule has 0 saturated carbocycles. The smallest absolute Gasteiger partial charge is 0.421 e. The van der Waals surface area contributed by atoms with Crippen LogP contribution in [0.15, 0.2) is 109 Å². The molecular formula is C36H42F4O2. The van der Waals surface area contributed by atoms with Crippen molar-refractivity contribution in [2.75, 3.05) is 0 Å². The molecule has 0 aliphatic carbocycles. The molecule has 0 aliphatic rings. The SMILES string of the molecule is CCCCC/C=C\C/C=C\C/C=C\C/C=C\CC/C=C(/OC(=O)C(C)c1ccc(-c2ccccc2)c(F)c1)C(F)(F)F. The van der Waals surface area contributed by atoms with E-state index < -0.39 is 29.6 Å². The minimum Gasteiger partial charge on any atom is -0.421 e. The van der Waals surface area contributed by atoms with Crippen LogP contribution in [-0.2, 0) is 9.53 Å². The Morgan fingerprint density at radius 3 is 1.98 bits per heavy atom. The Hall–Kier alpha value is -3.67. The molecular weight excluding hydrogens is 540 g/mol. The number of ether oxygens (including phenoxy) is 1. The van der Waals surface area contributed by atoms with Gasteiger partial charge in [0.2, 0.25) is 5.76 Å². The highest BCUT2D eigenvalue weighted by Gasteiger charge is 2.38. The third-order valence-electron chi connectivity index (χ3n) is 6.54. The molecule has 0 radical (unpaired) electrons. The zero-order valence-corrected chi connectivity index (χ0v) is 24.6. The third kappa shape index (κ3) is 13.3. The van der Waals surface area contributed by atoms with Gasteiger partial charge in [0.25, 0.3) is 0 Å². The van der Waals surface area contributed by atoms with Crippen LogP contribution in [0, 0.1) is 5.82 Å². The summed E-state index contributed by atoms with van der Waals surface area (Å²) < 4.78 is 60.0. The van der Waals surface area contributed by atoms with Crippen molar-refractivity contribution in [1.29, 1.82) is 0 Å². The number of allylic oxidation sites excluding steroid dienone is 10. The van der Waals surface area contributed by atoms with Crippen LogP contribution in [0.3, 0.4) is 0 Å². The molecule has 42 heavy (non-hydrogen) atoms. The number of rotatable bonds is 17. The van der Waals surface area contributed by atoms with E-state index in [1.807, 2.05) is 18.2 Å². The number of alkyl halides is 3. The van der Waals surface area contributed by atoms with Crippen LogP contribution < -0.4 is 0 Å². The molecule has 2 nitrogen and oxygen atoms in total. The first-order valence-corrected chi connectivity index (χ1v) is 14.7. The van der Waals surface area contributed by atoms with E-state index in [1.165, 1.54) is 38.3 Å². The molecule has 0 bridgehead atoms. The van der Waals surface area contributed by atoms with Crippen molar-refractivity contribution in [1.82, 2.24) is 0 Å². The maximum atomic E-state index is 14.7. The second-order valence-electron chi connectivity index (χ2n) is 9.98. The molecule has 2 aromatic carbocycles. The standard InChI is InChI=1S/C36H42F4O2/c1-3-4-5-6-7-8-9-10-11-12-13-14-15-16-17-18-22-25-34(36(38,39)40)42-35(41)29(2)31-26-27-32(33(37)28-31)30-23-20-19-21-24-30/h7-8,10-11,13-14,16-17,19-21,23-29H,3-6,9,12,15,18,22H2,1-2H3/b8-7-,11-10-,14-13-,17-16-,34-25+. The molecule has 2 rings (SSSR count). The first kappa shape index (κ1) is 34.5. The van der Waals surface area contributed by atoms with Gasteiger partial charge in [-0.1, -0.05) is 111 Å². The van der Waals surface area contributed by atoms with E-state index in [0.717, 1.165) is 31.4 Å². The average Bonchev–Trinajstić information content (AvgIpc) is 2.97. The van der Waals surface area contributed by atoms with Gasteiger partial charge in [-0.15, -0.1) is 0 Å². The van der Waals surface area contributed by atoms with E-state index in [9.17, 15) is 22.4 Å². The summed E-state index contributed by atoms with van der Waals surface area (Å²) >= 11 is 0. The Morgan fingerprint density at radius 1 is 0.810 bits per heavy atom. The molecule has 6 heteroatoms. The van der Waals surface area contributed by atoms with Crippen molar-refractivity contribution in [2.24, 2.45) is 0 Å². The first-order chi connectivity index (χ1) is 20.2. The minimum absolute atomic E-state index is 0.0613. The number of carbonyl (C=O) groups excluding carboxylic acids is 1. The van der Waals surface area contributed by atoms with Crippen LogP contribution >= 0.6 is 0 Å². The van der Waals surface area contributed by atoms with Crippen molar-refractivity contribution >= 4 is 5.97 Å². The molecule has 0 heterocycles. The van der Waals surface area contributed by atoms with Crippen LogP contribution in [0.4, 0.5) is 17.6 Å². The maximum Gasteiger partial charge on any atom is 0.449 e. The van der Waals surface area contributed by atoms with Crippen molar-refractivity contribution in [2.45, 2.75) is 83.7 Å². The first-order valence-electron chi connectivity index (χ1n) is 14.7. The monoisotopic (exact) mass is 582 g/mol. The highest BCUT2D eigenvalue weighted by molar-refractivity contribution is 5.79. The summed E-state index contributed by atoms with van der Waals surface area (Å²) in [6.07, 6.45) is 20.3. The predicted octanol–water partition coefficient (Wildman–Crippen LogP) is 11.3. The molecule has 0 spiro atoms. The van der Waals surface area contributed by atoms with Crippen LogP contribution in [0.2, 0.25) is 0 Å².